The van der Waals surface area contributed by atoms with Crippen LogP contribution in [0, 0.1) is 0 Å². The molecule has 0 aromatic heterocycles. The summed E-state index contributed by atoms with van der Waals surface area (Å²) in [5, 5.41) is 18.5. The van der Waals surface area contributed by atoms with Crippen molar-refractivity contribution in [2.75, 3.05) is 13.2 Å². The largest absolute Gasteiger partial charge is 0.503 e. The highest BCUT2D eigenvalue weighted by molar-refractivity contribution is 9.10. The molecule has 0 aliphatic carbocycles. The molecule has 0 saturated carbocycles. The molecule has 4 N–H and O–H groups in total. The minimum absolute atomic E-state index is 0. The highest BCUT2D eigenvalue weighted by Crippen LogP contribution is 2.37. The Labute approximate surface area is 115 Å². The average molecular weight is 327 g/mol. The number of hydrogen-bond acceptors (Lipinski definition) is 4. The van der Waals surface area contributed by atoms with Gasteiger partial charge in [-0.3, -0.25) is 0 Å². The molecule has 0 spiro atoms. The standard InChI is InChI=1S/C11H16BrNO3.ClH/c1-2-16-10-6-7(9(13)3-4-14)5-8(12)11(10)15;/h5-6,9,14-15H,2-4,13H2,1H3;1H/t9-;/m0./s1. The van der Waals surface area contributed by atoms with Crippen molar-refractivity contribution in [1.82, 2.24) is 0 Å². The first-order valence-electron chi connectivity index (χ1n) is 5.11. The van der Waals surface area contributed by atoms with E-state index in [1.165, 1.54) is 0 Å². The quantitative estimate of drug-likeness (QED) is 0.776. The van der Waals surface area contributed by atoms with Crippen LogP contribution in [0.1, 0.15) is 24.9 Å². The average Bonchev–Trinajstić information content (AvgIpc) is 2.25. The van der Waals surface area contributed by atoms with E-state index in [2.05, 4.69) is 15.9 Å². The molecule has 1 aromatic carbocycles. The first-order chi connectivity index (χ1) is 7.60. The van der Waals surface area contributed by atoms with Crippen molar-refractivity contribution >= 4 is 28.3 Å². The molecule has 6 heteroatoms. The zero-order valence-electron chi connectivity index (χ0n) is 9.52. The zero-order chi connectivity index (χ0) is 12.1. The van der Waals surface area contributed by atoms with Crippen molar-refractivity contribution < 1.29 is 14.9 Å². The lowest BCUT2D eigenvalue weighted by molar-refractivity contribution is 0.276. The van der Waals surface area contributed by atoms with E-state index < -0.39 is 0 Å². The fourth-order valence-electron chi connectivity index (χ4n) is 1.38. The molecule has 98 valence electrons. The van der Waals surface area contributed by atoms with Crippen LogP contribution in [0.15, 0.2) is 16.6 Å². The summed E-state index contributed by atoms with van der Waals surface area (Å²) in [7, 11) is 0. The van der Waals surface area contributed by atoms with E-state index in [1.807, 2.05) is 6.92 Å². The maximum absolute atomic E-state index is 9.70. The molecule has 0 fully saturated rings. The summed E-state index contributed by atoms with van der Waals surface area (Å²) >= 11 is 3.24. The van der Waals surface area contributed by atoms with Gasteiger partial charge in [-0.1, -0.05) is 0 Å². The minimum Gasteiger partial charge on any atom is -0.503 e. The van der Waals surface area contributed by atoms with E-state index >= 15 is 0 Å². The first-order valence-corrected chi connectivity index (χ1v) is 5.91. The summed E-state index contributed by atoms with van der Waals surface area (Å²) in [4.78, 5) is 0. The van der Waals surface area contributed by atoms with Crippen LogP contribution < -0.4 is 10.5 Å². The molecule has 0 radical (unpaired) electrons. The summed E-state index contributed by atoms with van der Waals surface area (Å²) in [6.45, 7) is 2.34. The molecule has 0 aliphatic rings. The number of benzene rings is 1. The number of phenols is 1. The van der Waals surface area contributed by atoms with Crippen molar-refractivity contribution in [3.8, 4) is 11.5 Å². The third kappa shape index (κ3) is 4.35. The van der Waals surface area contributed by atoms with Crippen LogP contribution in [0.5, 0.6) is 11.5 Å². The van der Waals surface area contributed by atoms with E-state index in [9.17, 15) is 5.11 Å². The summed E-state index contributed by atoms with van der Waals surface area (Å²) in [6.07, 6.45) is 0.475. The lowest BCUT2D eigenvalue weighted by Gasteiger charge is -2.14. The van der Waals surface area contributed by atoms with Gasteiger partial charge in [0.25, 0.3) is 0 Å². The molecular weight excluding hydrogens is 309 g/mol. The van der Waals surface area contributed by atoms with E-state index in [0.29, 0.717) is 23.2 Å². The lowest BCUT2D eigenvalue weighted by atomic mass is 10.0. The normalized spacial score (nSPS) is 11.8. The van der Waals surface area contributed by atoms with Crippen molar-refractivity contribution in [3.63, 3.8) is 0 Å². The Morgan fingerprint density at radius 1 is 1.47 bits per heavy atom. The number of aliphatic hydroxyl groups excluding tert-OH is 1. The van der Waals surface area contributed by atoms with Crippen LogP contribution in [-0.4, -0.2) is 23.4 Å². The minimum atomic E-state index is -0.263. The smallest absolute Gasteiger partial charge is 0.172 e. The number of ether oxygens (including phenoxy) is 1. The molecule has 1 aromatic rings. The van der Waals surface area contributed by atoms with Gasteiger partial charge >= 0.3 is 0 Å². The third-order valence-electron chi connectivity index (χ3n) is 2.22. The molecule has 0 bridgehead atoms. The Morgan fingerprint density at radius 3 is 2.65 bits per heavy atom. The van der Waals surface area contributed by atoms with Crippen LogP contribution in [0.25, 0.3) is 0 Å². The number of aliphatic hydroxyl groups is 1. The van der Waals surface area contributed by atoms with Crippen molar-refractivity contribution in [3.05, 3.63) is 22.2 Å². The first kappa shape index (κ1) is 16.5. The highest BCUT2D eigenvalue weighted by Gasteiger charge is 2.13. The highest BCUT2D eigenvalue weighted by atomic mass is 79.9. The Bertz CT molecular complexity index is 363. The number of hydrogen-bond donors (Lipinski definition) is 3. The molecule has 1 rings (SSSR count). The van der Waals surface area contributed by atoms with E-state index in [-0.39, 0.29) is 30.8 Å². The van der Waals surface area contributed by atoms with Gasteiger partial charge in [0.2, 0.25) is 0 Å². The van der Waals surface area contributed by atoms with Crippen LogP contribution >= 0.6 is 28.3 Å². The van der Waals surface area contributed by atoms with Crippen LogP contribution in [0.3, 0.4) is 0 Å². The molecular formula is C11H17BrClNO3. The number of aromatic hydroxyl groups is 1. The Kier molecular flexibility index (Phi) is 7.54. The Hall–Kier alpha value is -0.490. The van der Waals surface area contributed by atoms with E-state index in [4.69, 9.17) is 15.6 Å². The van der Waals surface area contributed by atoms with Gasteiger partial charge in [0.15, 0.2) is 11.5 Å². The van der Waals surface area contributed by atoms with Gasteiger partial charge in [-0.2, -0.15) is 0 Å². The van der Waals surface area contributed by atoms with Crippen LogP contribution in [0.4, 0.5) is 0 Å². The topological polar surface area (TPSA) is 75.7 Å². The molecule has 0 amide bonds. The third-order valence-corrected chi connectivity index (χ3v) is 2.82. The summed E-state index contributed by atoms with van der Waals surface area (Å²) in [5.74, 6) is 0.474. The number of rotatable bonds is 5. The van der Waals surface area contributed by atoms with Gasteiger partial charge in [-0.25, -0.2) is 0 Å². The van der Waals surface area contributed by atoms with Gasteiger partial charge in [0.05, 0.1) is 11.1 Å². The molecule has 1 atom stereocenters. The summed E-state index contributed by atoms with van der Waals surface area (Å²) in [6, 6.07) is 3.17. The van der Waals surface area contributed by atoms with Gasteiger partial charge in [0.1, 0.15) is 0 Å². The summed E-state index contributed by atoms with van der Waals surface area (Å²) < 4.78 is 5.83. The van der Waals surface area contributed by atoms with E-state index in [1.54, 1.807) is 12.1 Å². The van der Waals surface area contributed by atoms with Gasteiger partial charge in [0, 0.05) is 12.6 Å². The Morgan fingerprint density at radius 2 is 2.12 bits per heavy atom. The van der Waals surface area contributed by atoms with Crippen molar-refractivity contribution in [2.24, 2.45) is 5.73 Å². The predicted octanol–water partition coefficient (Wildman–Crippen LogP) is 2.36. The fourth-order valence-corrected chi connectivity index (χ4v) is 1.84. The second kappa shape index (κ2) is 7.76. The van der Waals surface area contributed by atoms with Crippen molar-refractivity contribution in [1.29, 1.82) is 0 Å². The number of nitrogens with two attached hydrogens (primary N) is 1. The second-order valence-electron chi connectivity index (χ2n) is 3.40. The summed E-state index contributed by atoms with van der Waals surface area (Å²) in [5.41, 5.74) is 6.69. The van der Waals surface area contributed by atoms with Crippen LogP contribution in [-0.2, 0) is 0 Å². The Balaban J connectivity index is 0.00000256. The molecule has 0 saturated heterocycles. The van der Waals surface area contributed by atoms with Crippen LogP contribution in [0.2, 0.25) is 0 Å². The SMILES string of the molecule is CCOc1cc([C@@H](N)CCO)cc(Br)c1O.Cl. The number of halogens is 2. The molecule has 0 heterocycles. The van der Waals surface area contributed by atoms with Gasteiger partial charge in [-0.15, -0.1) is 12.4 Å². The monoisotopic (exact) mass is 325 g/mol. The fraction of sp³-hybridized carbons (Fsp3) is 0.455. The second-order valence-corrected chi connectivity index (χ2v) is 4.26. The molecule has 17 heavy (non-hydrogen) atoms. The van der Waals surface area contributed by atoms with Gasteiger partial charge < -0.3 is 20.7 Å². The molecule has 4 nitrogen and oxygen atoms in total. The van der Waals surface area contributed by atoms with E-state index in [0.717, 1.165) is 5.56 Å². The number of phenolic OH excluding ortho intramolecular Hbond substituents is 1. The lowest BCUT2D eigenvalue weighted by Crippen LogP contribution is -2.12. The maximum atomic E-state index is 9.70. The molecule has 0 unspecified atom stereocenters. The predicted molar refractivity (Wildman–Crippen MR) is 72.9 cm³/mol. The van der Waals surface area contributed by atoms with Crippen molar-refractivity contribution in [2.45, 2.75) is 19.4 Å². The maximum Gasteiger partial charge on any atom is 0.172 e. The zero-order valence-corrected chi connectivity index (χ0v) is 11.9. The molecule has 0 aliphatic heterocycles. The van der Waals surface area contributed by atoms with Gasteiger partial charge in [-0.05, 0) is 47.0 Å².